The van der Waals surface area contributed by atoms with E-state index < -0.39 is 23.8 Å². The maximum absolute atomic E-state index is 11.7. The van der Waals surface area contributed by atoms with Gasteiger partial charge >= 0.3 is 5.69 Å². The molecule has 0 saturated heterocycles. The monoisotopic (exact) mass is 219 g/mol. The highest BCUT2D eigenvalue weighted by atomic mass is 16.4. The molecule has 0 unspecified atom stereocenters. The Bertz CT molecular complexity index is 668. The fourth-order valence-corrected chi connectivity index (χ4v) is 1.47. The molecule has 1 aromatic carbocycles. The van der Waals surface area contributed by atoms with Gasteiger partial charge < -0.3 is 14.9 Å². The summed E-state index contributed by atoms with van der Waals surface area (Å²) in [4.78, 5) is 35.9. The Balaban J connectivity index is 2.81. The molecule has 1 aromatic heterocycles. The van der Waals surface area contributed by atoms with Crippen LogP contribution in [0.15, 0.2) is 33.9 Å². The fourth-order valence-electron chi connectivity index (χ4n) is 1.47. The van der Waals surface area contributed by atoms with Crippen molar-refractivity contribution in [1.82, 2.24) is 9.55 Å². The topological polar surface area (TPSA) is 95.0 Å². The number of rotatable bonds is 2. The van der Waals surface area contributed by atoms with Crippen LogP contribution in [0.25, 0.3) is 10.9 Å². The van der Waals surface area contributed by atoms with Gasteiger partial charge in [-0.3, -0.25) is 9.36 Å². The number of carboxylic acid groups (broad SMARTS) is 1. The number of para-hydroxylation sites is 1. The van der Waals surface area contributed by atoms with Crippen LogP contribution in [0.1, 0.15) is 0 Å². The lowest BCUT2D eigenvalue weighted by molar-refractivity contribution is -0.306. The van der Waals surface area contributed by atoms with Crippen molar-refractivity contribution in [3.63, 3.8) is 0 Å². The lowest BCUT2D eigenvalue weighted by Gasteiger charge is -2.06. The van der Waals surface area contributed by atoms with Crippen LogP contribution in [0.5, 0.6) is 0 Å². The van der Waals surface area contributed by atoms with Crippen LogP contribution in [0.3, 0.4) is 0 Å². The number of carbonyl (C=O) groups is 1. The third-order valence-corrected chi connectivity index (χ3v) is 2.18. The number of hydrogen-bond donors (Lipinski definition) is 1. The summed E-state index contributed by atoms with van der Waals surface area (Å²) in [7, 11) is 0. The van der Waals surface area contributed by atoms with Crippen LogP contribution < -0.4 is 16.4 Å². The number of carboxylic acids is 1. The summed E-state index contributed by atoms with van der Waals surface area (Å²) in [5, 5.41) is 10.7. The Kier molecular flexibility index (Phi) is 2.32. The van der Waals surface area contributed by atoms with E-state index in [-0.39, 0.29) is 5.39 Å². The van der Waals surface area contributed by atoms with Gasteiger partial charge in [-0.25, -0.2) is 4.79 Å². The first-order chi connectivity index (χ1) is 7.59. The number of benzene rings is 1. The molecule has 16 heavy (non-hydrogen) atoms. The van der Waals surface area contributed by atoms with E-state index in [0.29, 0.717) is 10.1 Å². The van der Waals surface area contributed by atoms with Gasteiger partial charge in [0.05, 0.1) is 23.4 Å². The number of carbonyl (C=O) groups excluding carboxylic acids is 1. The number of aromatic amines is 1. The van der Waals surface area contributed by atoms with Crippen molar-refractivity contribution in [3.8, 4) is 0 Å². The lowest BCUT2D eigenvalue weighted by atomic mass is 10.2. The van der Waals surface area contributed by atoms with E-state index in [9.17, 15) is 19.5 Å². The van der Waals surface area contributed by atoms with Gasteiger partial charge in [0.15, 0.2) is 0 Å². The zero-order valence-corrected chi connectivity index (χ0v) is 8.10. The molecule has 2 aromatic rings. The predicted octanol–water partition coefficient (Wildman–Crippen LogP) is -1.56. The van der Waals surface area contributed by atoms with Gasteiger partial charge in [0, 0.05) is 0 Å². The van der Waals surface area contributed by atoms with E-state index >= 15 is 0 Å². The molecule has 0 aliphatic heterocycles. The molecule has 6 heteroatoms. The number of hydrogen-bond acceptors (Lipinski definition) is 4. The Morgan fingerprint density at radius 3 is 2.69 bits per heavy atom. The van der Waals surface area contributed by atoms with Crippen molar-refractivity contribution < 1.29 is 9.90 Å². The summed E-state index contributed by atoms with van der Waals surface area (Å²) in [6.45, 7) is -0.751. The summed E-state index contributed by atoms with van der Waals surface area (Å²) in [6.07, 6.45) is 0. The molecule has 2 rings (SSSR count). The molecule has 0 atom stereocenters. The smallest absolute Gasteiger partial charge is 0.329 e. The van der Waals surface area contributed by atoms with Crippen LogP contribution in [0.2, 0.25) is 0 Å². The minimum absolute atomic E-state index is 0.267. The maximum Gasteiger partial charge on any atom is 0.329 e. The minimum atomic E-state index is -1.48. The second-order valence-electron chi connectivity index (χ2n) is 3.24. The predicted molar refractivity (Wildman–Crippen MR) is 53.8 cm³/mol. The first-order valence-electron chi connectivity index (χ1n) is 4.51. The Morgan fingerprint density at radius 1 is 1.31 bits per heavy atom. The molecule has 0 fully saturated rings. The first kappa shape index (κ1) is 10.2. The molecule has 0 amide bonds. The molecule has 1 N–H and O–H groups in total. The van der Waals surface area contributed by atoms with Crippen molar-refractivity contribution in [2.75, 3.05) is 0 Å². The van der Waals surface area contributed by atoms with E-state index in [1.165, 1.54) is 6.07 Å². The first-order valence-corrected chi connectivity index (χ1v) is 4.51. The summed E-state index contributed by atoms with van der Waals surface area (Å²) in [5.74, 6) is -1.48. The number of fused-ring (bicyclic) bond motifs is 1. The summed E-state index contributed by atoms with van der Waals surface area (Å²) in [6, 6.07) is 6.38. The van der Waals surface area contributed by atoms with E-state index in [1.54, 1.807) is 18.2 Å². The average Bonchev–Trinajstić information content (AvgIpc) is 2.24. The number of nitrogens with one attached hydrogen (secondary N) is 1. The van der Waals surface area contributed by atoms with Crippen molar-refractivity contribution in [2.24, 2.45) is 0 Å². The van der Waals surface area contributed by atoms with Gasteiger partial charge in [-0.1, -0.05) is 12.1 Å². The van der Waals surface area contributed by atoms with E-state index in [1.807, 2.05) is 0 Å². The van der Waals surface area contributed by atoms with Gasteiger partial charge in [0.25, 0.3) is 5.56 Å². The highest BCUT2D eigenvalue weighted by Crippen LogP contribution is 2.02. The molecule has 0 bridgehead atoms. The van der Waals surface area contributed by atoms with Crippen molar-refractivity contribution in [3.05, 3.63) is 45.1 Å². The number of nitrogens with zero attached hydrogens (tertiary/aromatic N) is 1. The highest BCUT2D eigenvalue weighted by Gasteiger charge is 2.06. The quantitative estimate of drug-likeness (QED) is 0.660. The molecular formula is C10H7N2O4-. The summed E-state index contributed by atoms with van der Waals surface area (Å²) >= 11 is 0. The number of aromatic nitrogens is 2. The van der Waals surface area contributed by atoms with Gasteiger partial charge in [-0.05, 0) is 12.1 Å². The Hall–Kier alpha value is -2.37. The lowest BCUT2D eigenvalue weighted by Crippen LogP contribution is -2.41. The summed E-state index contributed by atoms with van der Waals surface area (Å²) < 4.78 is 0.595. The molecule has 0 aliphatic rings. The standard InChI is InChI=1S/C10H8N2O4/c13-8(14)5-12-9(15)6-3-1-2-4-7(6)11-10(12)16/h1-4H,5H2,(H,11,16)(H,13,14)/p-1. The Morgan fingerprint density at radius 2 is 2.00 bits per heavy atom. The molecule has 0 aliphatic carbocycles. The fraction of sp³-hybridized carbons (Fsp3) is 0.100. The molecule has 0 spiro atoms. The third-order valence-electron chi connectivity index (χ3n) is 2.18. The second kappa shape index (κ2) is 3.65. The van der Waals surface area contributed by atoms with E-state index in [4.69, 9.17) is 0 Å². The largest absolute Gasteiger partial charge is 0.548 e. The Labute approximate surface area is 88.8 Å². The zero-order chi connectivity index (χ0) is 11.7. The van der Waals surface area contributed by atoms with Gasteiger partial charge in [0.1, 0.15) is 0 Å². The van der Waals surface area contributed by atoms with Crippen LogP contribution in [0.4, 0.5) is 0 Å². The normalized spacial score (nSPS) is 10.5. The van der Waals surface area contributed by atoms with Gasteiger partial charge in [-0.2, -0.15) is 0 Å². The van der Waals surface area contributed by atoms with Gasteiger partial charge in [-0.15, -0.1) is 0 Å². The van der Waals surface area contributed by atoms with Crippen molar-refractivity contribution in [1.29, 1.82) is 0 Å². The van der Waals surface area contributed by atoms with Crippen LogP contribution in [-0.2, 0) is 11.3 Å². The molecule has 82 valence electrons. The van der Waals surface area contributed by atoms with Crippen molar-refractivity contribution >= 4 is 16.9 Å². The number of H-pyrrole nitrogens is 1. The van der Waals surface area contributed by atoms with Crippen LogP contribution in [0, 0.1) is 0 Å². The zero-order valence-electron chi connectivity index (χ0n) is 8.10. The van der Waals surface area contributed by atoms with Crippen LogP contribution in [-0.4, -0.2) is 15.5 Å². The van der Waals surface area contributed by atoms with E-state index in [0.717, 1.165) is 0 Å². The molecule has 0 radical (unpaired) electrons. The van der Waals surface area contributed by atoms with E-state index in [2.05, 4.69) is 4.98 Å². The molecule has 6 nitrogen and oxygen atoms in total. The highest BCUT2D eigenvalue weighted by molar-refractivity contribution is 5.77. The maximum atomic E-state index is 11.7. The minimum Gasteiger partial charge on any atom is -0.548 e. The summed E-state index contributed by atoms with van der Waals surface area (Å²) in [5.41, 5.74) is -1.01. The third kappa shape index (κ3) is 1.60. The number of aliphatic carboxylic acids is 1. The molecule has 0 saturated carbocycles. The van der Waals surface area contributed by atoms with Gasteiger partial charge in [0.2, 0.25) is 0 Å². The SMILES string of the molecule is O=C([O-])Cn1c(=O)[nH]c2ccccc2c1=O. The molecular weight excluding hydrogens is 212 g/mol. The van der Waals surface area contributed by atoms with Crippen LogP contribution >= 0.6 is 0 Å². The second-order valence-corrected chi connectivity index (χ2v) is 3.24. The molecule has 1 heterocycles. The van der Waals surface area contributed by atoms with Crippen molar-refractivity contribution in [2.45, 2.75) is 6.54 Å². The average molecular weight is 219 g/mol.